The predicted octanol–water partition coefficient (Wildman–Crippen LogP) is 2.48. The highest BCUT2D eigenvalue weighted by Gasteiger charge is 2.38. The Morgan fingerprint density at radius 2 is 1.97 bits per heavy atom. The van der Waals surface area contributed by atoms with Gasteiger partial charge in [-0.05, 0) is 51.2 Å². The Kier molecular flexibility index (Phi) is 5.87. The molecule has 2 amide bonds. The first-order valence-electron chi connectivity index (χ1n) is 10.9. The zero-order valence-corrected chi connectivity index (χ0v) is 19.0. The van der Waals surface area contributed by atoms with E-state index in [0.717, 1.165) is 19.5 Å². The van der Waals surface area contributed by atoms with E-state index in [4.69, 9.17) is 4.42 Å². The highest BCUT2D eigenvalue weighted by atomic mass is 35.5. The Morgan fingerprint density at radius 3 is 2.65 bits per heavy atom. The van der Waals surface area contributed by atoms with Gasteiger partial charge >= 0.3 is 0 Å². The van der Waals surface area contributed by atoms with Gasteiger partial charge in [-0.15, -0.1) is 12.4 Å². The van der Waals surface area contributed by atoms with E-state index in [9.17, 15) is 9.59 Å². The van der Waals surface area contributed by atoms with E-state index in [1.54, 1.807) is 11.0 Å². The molecule has 1 aromatic carbocycles. The number of para-hydroxylation sites is 1. The highest BCUT2D eigenvalue weighted by Crippen LogP contribution is 2.32. The fourth-order valence-corrected chi connectivity index (χ4v) is 5.32. The van der Waals surface area contributed by atoms with Gasteiger partial charge in [0.05, 0.1) is 11.7 Å². The minimum Gasteiger partial charge on any atom is -0.423 e. The van der Waals surface area contributed by atoms with Gasteiger partial charge in [0.25, 0.3) is 11.9 Å². The second-order valence-corrected chi connectivity index (χ2v) is 9.00. The fraction of sp³-hybridized carbons (Fsp3) is 0.591. The lowest BCUT2D eigenvalue weighted by Gasteiger charge is -2.45. The van der Waals surface area contributed by atoms with Crippen LogP contribution in [0, 0.1) is 5.92 Å². The van der Waals surface area contributed by atoms with Crippen LogP contribution in [-0.4, -0.2) is 71.5 Å². The van der Waals surface area contributed by atoms with Crippen LogP contribution in [0.15, 0.2) is 22.6 Å². The van der Waals surface area contributed by atoms with Gasteiger partial charge in [0.15, 0.2) is 5.58 Å². The Hall–Kier alpha value is -2.32. The molecule has 6 rings (SSSR count). The van der Waals surface area contributed by atoms with Crippen LogP contribution >= 0.6 is 12.4 Å². The average Bonchev–Trinajstić information content (AvgIpc) is 3.16. The van der Waals surface area contributed by atoms with Crippen molar-refractivity contribution in [1.82, 2.24) is 20.1 Å². The van der Waals surface area contributed by atoms with E-state index in [1.807, 2.05) is 31.0 Å². The van der Waals surface area contributed by atoms with Crippen molar-refractivity contribution in [3.63, 3.8) is 0 Å². The zero-order chi connectivity index (χ0) is 21.0. The van der Waals surface area contributed by atoms with E-state index in [0.29, 0.717) is 35.1 Å². The summed E-state index contributed by atoms with van der Waals surface area (Å²) in [5, 5.41) is 3.21. The Morgan fingerprint density at radius 1 is 1.23 bits per heavy atom. The third kappa shape index (κ3) is 3.76. The van der Waals surface area contributed by atoms with Crippen LogP contribution in [-0.2, 0) is 4.79 Å². The number of hydrogen-bond donors (Lipinski definition) is 1. The van der Waals surface area contributed by atoms with E-state index in [1.165, 1.54) is 12.8 Å². The molecular weight excluding hydrogens is 418 g/mol. The number of anilines is 1. The second kappa shape index (κ2) is 8.31. The van der Waals surface area contributed by atoms with Crippen molar-refractivity contribution in [3.05, 3.63) is 23.8 Å². The zero-order valence-electron chi connectivity index (χ0n) is 18.2. The summed E-state index contributed by atoms with van der Waals surface area (Å²) in [5.41, 5.74) is 1.63. The molecule has 1 N–H and O–H groups in total. The van der Waals surface area contributed by atoms with Gasteiger partial charge in [0.1, 0.15) is 11.6 Å². The molecule has 1 aromatic heterocycles. The van der Waals surface area contributed by atoms with Crippen LogP contribution in [0.3, 0.4) is 0 Å². The molecule has 168 valence electrons. The number of carbonyl (C=O) groups is 2. The number of fused-ring (bicyclic) bond motifs is 4. The molecule has 4 fully saturated rings. The number of rotatable bonds is 3. The third-order valence-corrected chi connectivity index (χ3v) is 6.98. The van der Waals surface area contributed by atoms with E-state index in [-0.39, 0.29) is 42.5 Å². The molecule has 2 aromatic rings. The van der Waals surface area contributed by atoms with E-state index < -0.39 is 0 Å². The van der Waals surface area contributed by atoms with Gasteiger partial charge in [-0.2, -0.15) is 4.98 Å². The van der Waals surface area contributed by atoms with Gasteiger partial charge in [0, 0.05) is 32.7 Å². The Bertz CT molecular complexity index is 987. The fourth-order valence-electron chi connectivity index (χ4n) is 5.32. The van der Waals surface area contributed by atoms with Crippen LogP contribution in [0.1, 0.15) is 43.5 Å². The molecule has 4 aliphatic heterocycles. The monoisotopic (exact) mass is 447 g/mol. The maximum absolute atomic E-state index is 13.1. The summed E-state index contributed by atoms with van der Waals surface area (Å²) in [6.45, 7) is 6.63. The molecule has 0 radical (unpaired) electrons. The van der Waals surface area contributed by atoms with Gasteiger partial charge < -0.3 is 19.5 Å². The first-order chi connectivity index (χ1) is 14.4. The largest absolute Gasteiger partial charge is 0.423 e. The van der Waals surface area contributed by atoms with Crippen molar-refractivity contribution in [2.45, 2.75) is 51.4 Å². The quantitative estimate of drug-likeness (QED) is 0.778. The molecule has 4 saturated heterocycles. The molecule has 0 saturated carbocycles. The summed E-state index contributed by atoms with van der Waals surface area (Å²) in [6, 6.07) is 5.53. The molecule has 4 aliphatic rings. The number of halogens is 1. The minimum atomic E-state index is -0.366. The molecule has 9 heteroatoms. The SMILES string of the molecule is C[C@H]1CN(C)C(=O)[C@H](C)N1c1nc2c(C(=O)NC3CC4CCN3CC4)cccc2o1.Cl. The number of carbonyl (C=O) groups excluding carboxylic acids is 2. The topological polar surface area (TPSA) is 81.9 Å². The third-order valence-electron chi connectivity index (χ3n) is 6.98. The predicted molar refractivity (Wildman–Crippen MR) is 120 cm³/mol. The number of amides is 2. The van der Waals surface area contributed by atoms with Crippen molar-refractivity contribution >= 4 is 41.3 Å². The van der Waals surface area contributed by atoms with Crippen LogP contribution in [0.4, 0.5) is 6.01 Å². The van der Waals surface area contributed by atoms with Gasteiger partial charge in [0.2, 0.25) is 5.91 Å². The van der Waals surface area contributed by atoms with E-state index in [2.05, 4.69) is 22.1 Å². The van der Waals surface area contributed by atoms with Gasteiger partial charge in [-0.25, -0.2) is 0 Å². The highest BCUT2D eigenvalue weighted by molar-refractivity contribution is 6.05. The standard InChI is InChI=1S/C22H29N5O3.ClH/c1-13-12-25(3)21(29)14(2)27(13)22-24-19-16(5-4-6-17(19)30-22)20(28)23-18-11-15-7-9-26(18)10-8-15;/h4-6,13-15,18H,7-12H2,1-3H3,(H,23,28);1H/t13-,14-,18?;/m0./s1. The molecule has 0 aliphatic carbocycles. The summed E-state index contributed by atoms with van der Waals surface area (Å²) < 4.78 is 6.02. The summed E-state index contributed by atoms with van der Waals surface area (Å²) in [5.74, 6) is 0.635. The number of piperidine rings is 3. The lowest BCUT2D eigenvalue weighted by molar-refractivity contribution is -0.133. The molecule has 3 atom stereocenters. The van der Waals surface area contributed by atoms with Crippen LogP contribution in [0.2, 0.25) is 0 Å². The number of nitrogens with zero attached hydrogens (tertiary/aromatic N) is 4. The van der Waals surface area contributed by atoms with Crippen molar-refractivity contribution in [3.8, 4) is 0 Å². The number of benzene rings is 1. The summed E-state index contributed by atoms with van der Waals surface area (Å²) >= 11 is 0. The number of aromatic nitrogens is 1. The molecule has 1 unspecified atom stereocenters. The number of oxazole rings is 1. The lowest BCUT2D eigenvalue weighted by Crippen LogP contribution is -2.59. The van der Waals surface area contributed by atoms with Crippen molar-refractivity contribution in [2.24, 2.45) is 5.92 Å². The number of hydrogen-bond acceptors (Lipinski definition) is 6. The maximum Gasteiger partial charge on any atom is 0.299 e. The number of piperazine rings is 1. The van der Waals surface area contributed by atoms with E-state index >= 15 is 0 Å². The minimum absolute atomic E-state index is 0. The summed E-state index contributed by atoms with van der Waals surface area (Å²) in [4.78, 5) is 36.3. The first kappa shape index (κ1) is 21.9. The van der Waals surface area contributed by atoms with Gasteiger partial charge in [-0.1, -0.05) is 6.07 Å². The molecule has 8 nitrogen and oxygen atoms in total. The summed E-state index contributed by atoms with van der Waals surface area (Å²) in [6.07, 6.45) is 3.58. The molecular formula is C22H30ClN5O3. The number of likely N-dealkylation sites (N-methyl/N-ethyl adjacent to an activating group) is 1. The molecule has 2 bridgehead atoms. The van der Waals surface area contributed by atoms with Crippen molar-refractivity contribution < 1.29 is 14.0 Å². The summed E-state index contributed by atoms with van der Waals surface area (Å²) in [7, 11) is 1.81. The van der Waals surface area contributed by atoms with Crippen molar-refractivity contribution in [1.29, 1.82) is 0 Å². The molecule has 0 spiro atoms. The van der Waals surface area contributed by atoms with Crippen LogP contribution in [0.5, 0.6) is 0 Å². The van der Waals surface area contributed by atoms with Crippen LogP contribution in [0.25, 0.3) is 11.1 Å². The first-order valence-corrected chi connectivity index (χ1v) is 10.9. The van der Waals surface area contributed by atoms with Gasteiger partial charge in [-0.3, -0.25) is 14.5 Å². The Balaban J connectivity index is 0.00000231. The average molecular weight is 448 g/mol. The molecule has 31 heavy (non-hydrogen) atoms. The van der Waals surface area contributed by atoms with Crippen molar-refractivity contribution in [2.75, 3.05) is 31.6 Å². The second-order valence-electron chi connectivity index (χ2n) is 9.00. The lowest BCUT2D eigenvalue weighted by atomic mass is 9.86. The smallest absolute Gasteiger partial charge is 0.299 e. The number of nitrogens with one attached hydrogen (secondary N) is 1. The molecule has 5 heterocycles. The Labute approximate surface area is 188 Å². The normalized spacial score (nSPS) is 30.4. The van der Waals surface area contributed by atoms with Crippen LogP contribution < -0.4 is 10.2 Å². The maximum atomic E-state index is 13.1.